The van der Waals surface area contributed by atoms with Gasteiger partial charge in [-0.1, -0.05) is 19.1 Å². The predicted molar refractivity (Wildman–Crippen MR) is 143 cm³/mol. The van der Waals surface area contributed by atoms with E-state index in [9.17, 15) is 44.4 Å². The lowest BCUT2D eigenvalue weighted by molar-refractivity contribution is -0.137. The number of carbonyl (C=O) groups excluding carboxylic acids is 3. The number of hydrogen-bond donors (Lipinski definition) is 2. The SMILES string of the molecule is CCNC(C)CCC(=O)N1CCC(N(C)S(=O)(=O)OC(=O)/C(=C/C(=O)OS(N)(=O)=O)c2cccc(C(F)(F)F)c2)CC1. The highest BCUT2D eigenvalue weighted by Crippen LogP contribution is 2.31. The van der Waals surface area contributed by atoms with Gasteiger partial charge in [-0.05, 0) is 50.4 Å². The standard InChI is InChI=1S/C24H33F3N4O9S2/c1-4-29-16(2)8-9-21(32)31-12-10-19(11-13-31)30(3)42(37,38)40-23(34)20(15-22(33)39-41(28,35)36)17-6-5-7-18(14-17)24(25,26)27/h5-7,14-16,19,29H,4,8-13H2,1-3H3,(H2,28,35,36)/b20-15+. The maximum Gasteiger partial charge on any atom is 0.416 e. The van der Waals surface area contributed by atoms with E-state index in [4.69, 9.17) is 0 Å². The molecular weight excluding hydrogens is 609 g/mol. The van der Waals surface area contributed by atoms with E-state index >= 15 is 0 Å². The zero-order valence-electron chi connectivity index (χ0n) is 23.1. The van der Waals surface area contributed by atoms with Crippen LogP contribution in [0.2, 0.25) is 0 Å². The Labute approximate surface area is 242 Å². The molecule has 18 heteroatoms. The summed E-state index contributed by atoms with van der Waals surface area (Å²) in [6.07, 6.45) is -3.37. The molecule has 1 aliphatic rings. The third kappa shape index (κ3) is 10.6. The van der Waals surface area contributed by atoms with Gasteiger partial charge in [0.2, 0.25) is 5.91 Å². The summed E-state index contributed by atoms with van der Waals surface area (Å²) in [5, 5.41) is 7.82. The summed E-state index contributed by atoms with van der Waals surface area (Å²) in [5.41, 5.74) is -2.91. The average molecular weight is 643 g/mol. The Morgan fingerprint density at radius 2 is 1.79 bits per heavy atom. The number of nitrogens with two attached hydrogens (primary N) is 1. The van der Waals surface area contributed by atoms with Gasteiger partial charge in [0.1, 0.15) is 0 Å². The molecule has 0 bridgehead atoms. The molecule has 0 radical (unpaired) electrons. The van der Waals surface area contributed by atoms with Crippen LogP contribution < -0.4 is 10.5 Å². The molecule has 1 amide bonds. The molecule has 1 aromatic carbocycles. The molecule has 42 heavy (non-hydrogen) atoms. The first-order valence-corrected chi connectivity index (χ1v) is 15.6. The van der Waals surface area contributed by atoms with Crippen LogP contribution in [0.25, 0.3) is 5.57 Å². The Balaban J connectivity index is 2.19. The van der Waals surface area contributed by atoms with E-state index in [1.54, 1.807) is 4.90 Å². The minimum atomic E-state index is -4.88. The topological polar surface area (TPSA) is 182 Å². The third-order valence-corrected chi connectivity index (χ3v) is 8.15. The number of nitrogens with zero attached hydrogens (tertiary/aromatic N) is 2. The van der Waals surface area contributed by atoms with Crippen molar-refractivity contribution >= 4 is 44.0 Å². The number of nitrogens with one attached hydrogen (secondary N) is 1. The van der Waals surface area contributed by atoms with Crippen molar-refractivity contribution in [1.82, 2.24) is 14.5 Å². The van der Waals surface area contributed by atoms with E-state index in [1.165, 1.54) is 0 Å². The number of carbonyl (C=O) groups is 3. The van der Waals surface area contributed by atoms with Gasteiger partial charge in [0.25, 0.3) is 0 Å². The zero-order chi connectivity index (χ0) is 31.9. The van der Waals surface area contributed by atoms with Crippen molar-refractivity contribution in [3.05, 3.63) is 41.5 Å². The van der Waals surface area contributed by atoms with Crippen LogP contribution in [0.4, 0.5) is 13.2 Å². The Morgan fingerprint density at radius 3 is 2.33 bits per heavy atom. The fourth-order valence-corrected chi connectivity index (χ4v) is 5.44. The Hall–Kier alpha value is -3.06. The predicted octanol–water partition coefficient (Wildman–Crippen LogP) is 1.32. The number of piperidine rings is 1. The highest BCUT2D eigenvalue weighted by atomic mass is 32.2. The van der Waals surface area contributed by atoms with Crippen molar-refractivity contribution in [2.75, 3.05) is 26.7 Å². The molecule has 236 valence electrons. The maximum atomic E-state index is 13.2. The second-order valence-electron chi connectivity index (χ2n) is 9.49. The average Bonchev–Trinajstić information content (AvgIpc) is 2.88. The first kappa shape index (κ1) is 35.1. The van der Waals surface area contributed by atoms with Crippen LogP contribution in [0, 0.1) is 0 Å². The molecule has 0 aromatic heterocycles. The summed E-state index contributed by atoms with van der Waals surface area (Å²) in [6.45, 7) is 5.16. The van der Waals surface area contributed by atoms with E-state index in [-0.39, 0.29) is 44.0 Å². The molecule has 2 rings (SSSR count). The van der Waals surface area contributed by atoms with Crippen LogP contribution in [0.3, 0.4) is 0 Å². The van der Waals surface area contributed by atoms with Gasteiger partial charge >= 0.3 is 38.7 Å². The first-order chi connectivity index (χ1) is 19.3. The molecule has 0 spiro atoms. The third-order valence-electron chi connectivity index (χ3n) is 6.39. The van der Waals surface area contributed by atoms with Crippen molar-refractivity contribution in [2.24, 2.45) is 5.14 Å². The molecule has 1 saturated heterocycles. The second kappa shape index (κ2) is 14.4. The van der Waals surface area contributed by atoms with Gasteiger partial charge < -0.3 is 18.6 Å². The fourth-order valence-electron chi connectivity index (χ4n) is 4.19. The van der Waals surface area contributed by atoms with Crippen molar-refractivity contribution in [1.29, 1.82) is 0 Å². The summed E-state index contributed by atoms with van der Waals surface area (Å²) >= 11 is 0. The molecule has 1 heterocycles. The number of hydrogen-bond acceptors (Lipinski definition) is 10. The van der Waals surface area contributed by atoms with E-state index in [2.05, 4.69) is 18.8 Å². The van der Waals surface area contributed by atoms with Crippen molar-refractivity contribution in [3.8, 4) is 0 Å². The monoisotopic (exact) mass is 642 g/mol. The van der Waals surface area contributed by atoms with Crippen LogP contribution in [-0.2, 0) is 49.5 Å². The summed E-state index contributed by atoms with van der Waals surface area (Å²) in [5.74, 6) is -3.66. The minimum absolute atomic E-state index is 0.0858. The van der Waals surface area contributed by atoms with Gasteiger partial charge in [0.15, 0.2) is 0 Å². The number of likely N-dealkylation sites (tertiary alicyclic amines) is 1. The summed E-state index contributed by atoms with van der Waals surface area (Å²) in [6, 6.07) is 2.36. The van der Waals surface area contributed by atoms with Gasteiger partial charge in [-0.2, -0.15) is 39.5 Å². The Bertz CT molecular complexity index is 1390. The van der Waals surface area contributed by atoms with E-state index in [1.807, 2.05) is 13.8 Å². The van der Waals surface area contributed by atoms with Gasteiger partial charge in [-0.3, -0.25) is 4.79 Å². The Kier molecular flexibility index (Phi) is 12.1. The highest BCUT2D eigenvalue weighted by Gasteiger charge is 2.36. The number of halogens is 3. The molecule has 1 fully saturated rings. The second-order valence-corrected chi connectivity index (χ2v) is 12.2. The largest absolute Gasteiger partial charge is 0.416 e. The molecule has 1 aliphatic heterocycles. The highest BCUT2D eigenvalue weighted by molar-refractivity contribution is 7.85. The normalized spacial score (nSPS) is 16.3. The van der Waals surface area contributed by atoms with Crippen LogP contribution >= 0.6 is 0 Å². The maximum absolute atomic E-state index is 13.2. The number of rotatable bonds is 12. The van der Waals surface area contributed by atoms with E-state index in [0.29, 0.717) is 25.0 Å². The van der Waals surface area contributed by atoms with Crippen LogP contribution in [0.1, 0.15) is 50.7 Å². The summed E-state index contributed by atoms with van der Waals surface area (Å²) in [7, 11) is -8.63. The van der Waals surface area contributed by atoms with E-state index < -0.39 is 61.5 Å². The minimum Gasteiger partial charge on any atom is -0.343 e. The Morgan fingerprint density at radius 1 is 1.17 bits per heavy atom. The van der Waals surface area contributed by atoms with Crippen LogP contribution in [-0.4, -0.2) is 82.7 Å². The smallest absolute Gasteiger partial charge is 0.343 e. The van der Waals surface area contributed by atoms with Gasteiger partial charge in [0, 0.05) is 44.7 Å². The van der Waals surface area contributed by atoms with Crippen molar-refractivity contribution in [2.45, 2.75) is 57.8 Å². The van der Waals surface area contributed by atoms with Gasteiger partial charge in [-0.15, -0.1) is 0 Å². The van der Waals surface area contributed by atoms with Gasteiger partial charge in [0.05, 0.1) is 11.1 Å². The number of alkyl halides is 3. The quantitative estimate of drug-likeness (QED) is 0.316. The lowest BCUT2D eigenvalue weighted by Gasteiger charge is -2.35. The molecule has 1 atom stereocenters. The molecule has 0 saturated carbocycles. The number of amides is 1. The van der Waals surface area contributed by atoms with Crippen LogP contribution in [0.15, 0.2) is 30.3 Å². The summed E-state index contributed by atoms with van der Waals surface area (Å²) in [4.78, 5) is 39.0. The van der Waals surface area contributed by atoms with Crippen molar-refractivity contribution in [3.63, 3.8) is 0 Å². The zero-order valence-corrected chi connectivity index (χ0v) is 24.7. The van der Waals surface area contributed by atoms with Crippen LogP contribution in [0.5, 0.6) is 0 Å². The first-order valence-electron chi connectivity index (χ1n) is 12.7. The van der Waals surface area contributed by atoms with Gasteiger partial charge in [-0.25, -0.2) is 9.59 Å². The molecule has 0 aliphatic carbocycles. The van der Waals surface area contributed by atoms with E-state index in [0.717, 1.165) is 30.0 Å². The molecule has 13 nitrogen and oxygen atoms in total. The lowest BCUT2D eigenvalue weighted by atomic mass is 10.0. The molecular formula is C24H33F3N4O9S2. The lowest BCUT2D eigenvalue weighted by Crippen LogP contribution is -2.48. The number of benzene rings is 1. The molecule has 3 N–H and O–H groups in total. The van der Waals surface area contributed by atoms with Crippen molar-refractivity contribution < 1.29 is 52.8 Å². The molecule has 1 unspecified atom stereocenters. The molecule has 1 aromatic rings. The fraction of sp³-hybridized carbons (Fsp3) is 0.542. The summed E-state index contributed by atoms with van der Waals surface area (Å²) < 4.78 is 97.0.